The summed E-state index contributed by atoms with van der Waals surface area (Å²) in [4.78, 5) is 24.3. The summed E-state index contributed by atoms with van der Waals surface area (Å²) in [5, 5.41) is 11.7. The van der Waals surface area contributed by atoms with Gasteiger partial charge in [-0.05, 0) is 31.1 Å². The number of aliphatic carboxylic acids is 1. The van der Waals surface area contributed by atoms with Crippen molar-refractivity contribution in [2.45, 2.75) is 25.7 Å². The van der Waals surface area contributed by atoms with Gasteiger partial charge >= 0.3 is 12.0 Å². The van der Waals surface area contributed by atoms with Gasteiger partial charge in [-0.1, -0.05) is 0 Å². The van der Waals surface area contributed by atoms with E-state index in [0.29, 0.717) is 25.6 Å². The van der Waals surface area contributed by atoms with E-state index in [1.807, 2.05) is 0 Å². The predicted octanol–water partition coefficient (Wildman–Crippen LogP) is 0.919. The minimum Gasteiger partial charge on any atom is -0.481 e. The molecule has 108 valence electrons. The normalized spacial score (nSPS) is 27.3. The minimum absolute atomic E-state index is 0.0709. The van der Waals surface area contributed by atoms with Crippen LogP contribution in [0.3, 0.4) is 0 Å². The summed E-state index contributed by atoms with van der Waals surface area (Å²) >= 11 is 0. The van der Waals surface area contributed by atoms with Crippen molar-refractivity contribution in [3.05, 3.63) is 0 Å². The van der Waals surface area contributed by atoms with Crippen molar-refractivity contribution in [1.82, 2.24) is 10.2 Å². The maximum Gasteiger partial charge on any atom is 0.317 e. The third kappa shape index (κ3) is 4.38. The van der Waals surface area contributed by atoms with Crippen LogP contribution in [0.5, 0.6) is 0 Å². The molecule has 2 heterocycles. The van der Waals surface area contributed by atoms with Crippen molar-refractivity contribution in [2.24, 2.45) is 11.8 Å². The van der Waals surface area contributed by atoms with E-state index >= 15 is 0 Å². The highest BCUT2D eigenvalue weighted by Gasteiger charge is 2.28. The van der Waals surface area contributed by atoms with E-state index in [0.717, 1.165) is 32.5 Å². The molecule has 2 aliphatic heterocycles. The first-order valence-electron chi connectivity index (χ1n) is 6.97. The molecule has 2 fully saturated rings. The van der Waals surface area contributed by atoms with Gasteiger partial charge in [-0.3, -0.25) is 4.79 Å². The molecule has 0 spiro atoms. The monoisotopic (exact) mass is 270 g/mol. The van der Waals surface area contributed by atoms with Crippen molar-refractivity contribution >= 4 is 12.0 Å². The van der Waals surface area contributed by atoms with Gasteiger partial charge in [-0.2, -0.15) is 0 Å². The number of rotatable bonds is 4. The number of amides is 2. The van der Waals surface area contributed by atoms with Crippen molar-refractivity contribution in [3.63, 3.8) is 0 Å². The molecule has 6 heteroatoms. The predicted molar refractivity (Wildman–Crippen MR) is 68.9 cm³/mol. The summed E-state index contributed by atoms with van der Waals surface area (Å²) < 4.78 is 5.37. The second-order valence-corrected chi connectivity index (χ2v) is 5.47. The molecule has 0 radical (unpaired) electrons. The van der Waals surface area contributed by atoms with Crippen molar-refractivity contribution in [3.8, 4) is 0 Å². The summed E-state index contributed by atoms with van der Waals surface area (Å²) in [7, 11) is 0. The Morgan fingerprint density at radius 1 is 1.32 bits per heavy atom. The lowest BCUT2D eigenvalue weighted by Gasteiger charge is -2.24. The smallest absolute Gasteiger partial charge is 0.317 e. The van der Waals surface area contributed by atoms with E-state index < -0.39 is 5.97 Å². The molecule has 2 N–H and O–H groups in total. The highest BCUT2D eigenvalue weighted by atomic mass is 16.5. The fourth-order valence-corrected chi connectivity index (χ4v) is 2.74. The van der Waals surface area contributed by atoms with Crippen LogP contribution in [-0.2, 0) is 9.53 Å². The van der Waals surface area contributed by atoms with Gasteiger partial charge in [-0.15, -0.1) is 0 Å². The molecule has 2 rings (SSSR count). The number of urea groups is 1. The van der Waals surface area contributed by atoms with Gasteiger partial charge < -0.3 is 20.1 Å². The van der Waals surface area contributed by atoms with Crippen LogP contribution in [0.15, 0.2) is 0 Å². The van der Waals surface area contributed by atoms with E-state index in [9.17, 15) is 9.59 Å². The second-order valence-electron chi connectivity index (χ2n) is 5.47. The minimum atomic E-state index is -0.786. The van der Waals surface area contributed by atoms with Crippen LogP contribution in [0.4, 0.5) is 4.79 Å². The molecular weight excluding hydrogens is 248 g/mol. The summed E-state index contributed by atoms with van der Waals surface area (Å²) in [6, 6.07) is -0.0709. The Morgan fingerprint density at radius 3 is 2.84 bits per heavy atom. The molecule has 0 bridgehead atoms. The number of ether oxygens (including phenoxy) is 1. The summed E-state index contributed by atoms with van der Waals surface area (Å²) in [6.45, 7) is 3.42. The van der Waals surface area contributed by atoms with Crippen molar-refractivity contribution in [1.29, 1.82) is 0 Å². The molecule has 0 aliphatic carbocycles. The van der Waals surface area contributed by atoms with Crippen molar-refractivity contribution in [2.75, 3.05) is 32.8 Å². The van der Waals surface area contributed by atoms with E-state index in [1.165, 1.54) is 0 Å². The zero-order valence-corrected chi connectivity index (χ0v) is 11.1. The third-order valence-electron chi connectivity index (χ3n) is 3.83. The van der Waals surface area contributed by atoms with Crippen molar-refractivity contribution < 1.29 is 19.4 Å². The lowest BCUT2D eigenvalue weighted by molar-refractivity contribution is -0.138. The van der Waals surface area contributed by atoms with E-state index in [4.69, 9.17) is 9.84 Å². The Morgan fingerprint density at radius 2 is 2.16 bits per heavy atom. The van der Waals surface area contributed by atoms with Gasteiger partial charge in [0.05, 0.1) is 6.61 Å². The van der Waals surface area contributed by atoms with Gasteiger partial charge in [0.15, 0.2) is 0 Å². The molecule has 0 aromatic rings. The number of carbonyl (C=O) groups is 2. The fourth-order valence-electron chi connectivity index (χ4n) is 2.74. The molecule has 0 saturated carbocycles. The Kier molecular flexibility index (Phi) is 5.01. The molecule has 2 atom stereocenters. The molecule has 0 aromatic carbocycles. The van der Waals surface area contributed by atoms with Crippen LogP contribution in [0.2, 0.25) is 0 Å². The summed E-state index contributed by atoms with van der Waals surface area (Å²) in [5.41, 5.74) is 0. The van der Waals surface area contributed by atoms with E-state index in [1.54, 1.807) is 4.90 Å². The van der Waals surface area contributed by atoms with Gasteiger partial charge in [-0.25, -0.2) is 4.79 Å². The Hall–Kier alpha value is -1.30. The fraction of sp³-hybridized carbons (Fsp3) is 0.846. The first-order chi connectivity index (χ1) is 9.15. The lowest BCUT2D eigenvalue weighted by atomic mass is 10.0. The van der Waals surface area contributed by atoms with E-state index in [2.05, 4.69) is 5.32 Å². The number of nitrogens with zero attached hydrogens (tertiary/aromatic N) is 1. The number of carbonyl (C=O) groups excluding carboxylic acids is 1. The molecule has 6 nitrogen and oxygen atoms in total. The number of hydrogen-bond acceptors (Lipinski definition) is 3. The molecule has 2 aliphatic rings. The van der Waals surface area contributed by atoms with Crippen LogP contribution in [-0.4, -0.2) is 54.9 Å². The Labute approximate surface area is 113 Å². The van der Waals surface area contributed by atoms with Gasteiger partial charge in [0, 0.05) is 32.7 Å². The van der Waals surface area contributed by atoms with Gasteiger partial charge in [0.25, 0.3) is 0 Å². The number of hydrogen-bond donors (Lipinski definition) is 2. The van der Waals surface area contributed by atoms with Gasteiger partial charge in [0.2, 0.25) is 0 Å². The lowest BCUT2D eigenvalue weighted by Crippen LogP contribution is -2.41. The largest absolute Gasteiger partial charge is 0.481 e. The number of likely N-dealkylation sites (tertiary alicyclic amines) is 1. The molecular formula is C13H22N2O4. The first kappa shape index (κ1) is 14.1. The molecule has 2 saturated heterocycles. The SMILES string of the molecule is O=C(O)CC1CCN(C(=O)NCC2CCCOC2)C1. The average Bonchev–Trinajstić information content (AvgIpc) is 2.85. The maximum atomic E-state index is 11.9. The molecule has 19 heavy (non-hydrogen) atoms. The quantitative estimate of drug-likeness (QED) is 0.796. The zero-order chi connectivity index (χ0) is 13.7. The van der Waals surface area contributed by atoms with Crippen LogP contribution in [0.1, 0.15) is 25.7 Å². The van der Waals surface area contributed by atoms with Crippen LogP contribution >= 0.6 is 0 Å². The van der Waals surface area contributed by atoms with Crippen LogP contribution in [0.25, 0.3) is 0 Å². The number of nitrogens with one attached hydrogen (secondary N) is 1. The average molecular weight is 270 g/mol. The summed E-state index contributed by atoms with van der Waals surface area (Å²) in [5.74, 6) is -0.275. The highest BCUT2D eigenvalue weighted by Crippen LogP contribution is 2.19. The van der Waals surface area contributed by atoms with Crippen LogP contribution < -0.4 is 5.32 Å². The molecule has 2 amide bonds. The maximum absolute atomic E-state index is 11.9. The third-order valence-corrected chi connectivity index (χ3v) is 3.83. The second kappa shape index (κ2) is 6.75. The number of carboxylic acid groups (broad SMARTS) is 1. The molecule has 2 unspecified atom stereocenters. The summed E-state index contributed by atoms with van der Waals surface area (Å²) in [6.07, 6.45) is 3.10. The van der Waals surface area contributed by atoms with Crippen LogP contribution in [0, 0.1) is 11.8 Å². The Bertz CT molecular complexity index is 329. The standard InChI is InChI=1S/C13H22N2O4/c16-12(17)6-10-3-4-15(8-10)13(18)14-7-11-2-1-5-19-9-11/h10-11H,1-9H2,(H,14,18)(H,16,17). The molecule has 0 aromatic heterocycles. The topological polar surface area (TPSA) is 78.9 Å². The first-order valence-corrected chi connectivity index (χ1v) is 6.97. The highest BCUT2D eigenvalue weighted by molar-refractivity contribution is 5.74. The zero-order valence-electron chi connectivity index (χ0n) is 11.1. The Balaban J connectivity index is 1.67. The van der Waals surface area contributed by atoms with Gasteiger partial charge in [0.1, 0.15) is 0 Å². The van der Waals surface area contributed by atoms with E-state index in [-0.39, 0.29) is 18.4 Å². The number of carboxylic acids is 1.